The molecule has 0 aliphatic heterocycles. The van der Waals surface area contributed by atoms with Crippen LogP contribution >= 0.6 is 0 Å². The smallest absolute Gasteiger partial charge is 0.268 e. The third kappa shape index (κ3) is 10.9. The van der Waals surface area contributed by atoms with Crippen molar-refractivity contribution in [2.75, 3.05) is 0 Å². The average Bonchev–Trinajstić information content (AvgIpc) is 1.40. The second-order valence-corrected chi connectivity index (χ2v) is 27.5. The molecule has 13 aromatic rings. The van der Waals surface area contributed by atoms with E-state index in [4.69, 9.17) is 16.6 Å². The zero-order valence-corrected chi connectivity index (χ0v) is 52.0. The molecular formula is C79H70N4OPtSi-2. The second kappa shape index (κ2) is 23.0. The number of hydrogen-bond donors (Lipinski definition) is 0. The van der Waals surface area contributed by atoms with Gasteiger partial charge in [-0.3, -0.25) is 4.57 Å². The van der Waals surface area contributed by atoms with Gasteiger partial charge in [-0.1, -0.05) is 261 Å². The van der Waals surface area contributed by atoms with Gasteiger partial charge in [-0.05, 0) is 112 Å². The predicted octanol–water partition coefficient (Wildman–Crippen LogP) is 16.5. The Kier molecular flexibility index (Phi) is 10.1. The summed E-state index contributed by atoms with van der Waals surface area (Å²) in [5, 5.41) is -2.03. The fraction of sp³-hybridized carbons (Fsp3) is 0.165. The van der Waals surface area contributed by atoms with E-state index in [0.717, 1.165) is 27.4 Å². The van der Waals surface area contributed by atoms with Crippen molar-refractivity contribution in [3.05, 3.63) is 284 Å². The Bertz CT molecular complexity index is 5610. The van der Waals surface area contributed by atoms with E-state index < -0.39 is 172 Å². The fourth-order valence-electron chi connectivity index (χ4n) is 11.0. The Morgan fingerprint density at radius 3 is 1.77 bits per heavy atom. The SMILES string of the molecule is [2H]c1c([2H])c([2H])c([Si](c2c([2H])c([2H])c([2H])c([2H])c2[2H])(c2c([2H])c([2H])c([2H])c([2H])c2[2H])c2c([2H])c([2H])c([2H])c(-c3cccc(-c4cc(C(C)(C)C)cc(C(C)(C)C)c4)c3-[n+]3[c-]n(-c4[c-]c(Oc5[c-]c6c(cc5)c5ccccc5n6-c5cc(C([2H])([2H])C(C)(C)C)ccn5)ccc4)c4ccccc43)c2[2H])c([2H])c1[2H].[Pt]. The number of imidazole rings is 1. The van der Waals surface area contributed by atoms with Crippen molar-refractivity contribution >= 4 is 61.7 Å². The summed E-state index contributed by atoms with van der Waals surface area (Å²) in [5.74, 6) is 1.02. The monoisotopic (exact) mass is 1330 g/mol. The van der Waals surface area contributed by atoms with Gasteiger partial charge in [-0.15, -0.1) is 29.7 Å². The van der Waals surface area contributed by atoms with Gasteiger partial charge in [0.25, 0.3) is 6.33 Å². The van der Waals surface area contributed by atoms with Gasteiger partial charge >= 0.3 is 0 Å². The molecule has 7 heteroatoms. The van der Waals surface area contributed by atoms with E-state index in [9.17, 15) is 21.9 Å². The molecule has 0 aliphatic rings. The molecule has 3 aromatic heterocycles. The zero-order chi connectivity index (χ0) is 77.0. The Labute approximate surface area is 552 Å². The minimum absolute atomic E-state index is 0. The van der Waals surface area contributed by atoms with Crippen LogP contribution in [0.5, 0.6) is 11.5 Å². The third-order valence-electron chi connectivity index (χ3n) is 15.0. The Balaban J connectivity index is 0.0000107. The normalized spacial score (nSPS) is 15.8. The Morgan fingerprint density at radius 1 is 0.547 bits per heavy atom. The number of fused-ring (bicyclic) bond motifs is 4. The van der Waals surface area contributed by atoms with Crippen LogP contribution in [-0.4, -0.2) is 22.2 Å². The average molecular weight is 1340 g/mol. The van der Waals surface area contributed by atoms with Crippen LogP contribution in [-0.2, 0) is 38.3 Å². The van der Waals surface area contributed by atoms with Gasteiger partial charge in [0.05, 0.1) is 42.8 Å². The van der Waals surface area contributed by atoms with Crippen LogP contribution in [0.4, 0.5) is 0 Å². The van der Waals surface area contributed by atoms with E-state index in [1.165, 1.54) is 0 Å². The number of ether oxygens (including phenoxy) is 1. The van der Waals surface area contributed by atoms with E-state index in [0.29, 0.717) is 50.5 Å². The largest absolute Gasteiger partial charge is 0.510 e. The molecule has 428 valence electrons. The molecule has 0 fully saturated rings. The molecule has 0 atom stereocenters. The van der Waals surface area contributed by atoms with Crippen LogP contribution in [0.3, 0.4) is 0 Å². The summed E-state index contributed by atoms with van der Waals surface area (Å²) >= 11 is 0. The van der Waals surface area contributed by atoms with Crippen molar-refractivity contribution in [3.8, 4) is 50.9 Å². The van der Waals surface area contributed by atoms with Gasteiger partial charge in [-0.2, -0.15) is 18.2 Å². The van der Waals surface area contributed by atoms with Gasteiger partial charge in [0, 0.05) is 47.0 Å². The second-order valence-electron chi connectivity index (χ2n) is 24.0. The number of aromatic nitrogens is 4. The molecule has 0 amide bonds. The molecule has 13 rings (SSSR count). The van der Waals surface area contributed by atoms with Crippen LogP contribution in [0.2, 0.25) is 0 Å². The van der Waals surface area contributed by atoms with E-state index in [1.807, 2.05) is 92.1 Å². The number of rotatable bonds is 12. The third-order valence-corrected chi connectivity index (χ3v) is 19.0. The summed E-state index contributed by atoms with van der Waals surface area (Å²) in [6.07, 6.45) is 3.45. The number of pyridine rings is 1. The summed E-state index contributed by atoms with van der Waals surface area (Å²) in [5.41, 5.74) is 4.15. The van der Waals surface area contributed by atoms with Gasteiger partial charge in [0.15, 0.2) is 8.07 Å². The molecule has 5 nitrogen and oxygen atoms in total. The van der Waals surface area contributed by atoms with E-state index in [2.05, 4.69) is 66.1 Å². The van der Waals surface area contributed by atoms with Crippen molar-refractivity contribution < 1.29 is 59.2 Å². The molecule has 0 unspecified atom stereocenters. The summed E-state index contributed by atoms with van der Waals surface area (Å²) in [4.78, 5) is 4.76. The predicted molar refractivity (Wildman–Crippen MR) is 355 cm³/mol. The van der Waals surface area contributed by atoms with Crippen molar-refractivity contribution in [1.82, 2.24) is 14.1 Å². The first kappa shape index (κ1) is 37.7. The molecule has 3 heterocycles. The molecule has 0 spiro atoms. The first-order chi connectivity index (χ1) is 49.7. The minimum Gasteiger partial charge on any atom is -0.510 e. The van der Waals surface area contributed by atoms with Gasteiger partial charge in [0.1, 0.15) is 5.82 Å². The van der Waals surface area contributed by atoms with E-state index in [1.54, 1.807) is 69.9 Å². The van der Waals surface area contributed by atoms with Crippen LogP contribution in [0.25, 0.3) is 72.3 Å². The molecule has 0 aliphatic carbocycles. The number of nitrogens with zero attached hydrogens (tertiary/aromatic N) is 4. The first-order valence-corrected chi connectivity index (χ1v) is 29.9. The van der Waals surface area contributed by atoms with Gasteiger partial charge in [-0.25, -0.2) is 4.98 Å². The van der Waals surface area contributed by atoms with Crippen molar-refractivity contribution in [2.45, 2.75) is 79.5 Å². The van der Waals surface area contributed by atoms with Crippen LogP contribution in [0.15, 0.2) is 248 Å². The molecule has 10 aromatic carbocycles. The molecular weight excluding hydrogens is 1240 g/mol. The summed E-state index contributed by atoms with van der Waals surface area (Å²) in [6.45, 7) is 18.0. The Hall–Kier alpha value is -8.67. The maximum absolute atomic E-state index is 11.0. The summed E-state index contributed by atoms with van der Waals surface area (Å²) in [6, 6.07) is 25.7. The summed E-state index contributed by atoms with van der Waals surface area (Å²) in [7, 11) is -6.26. The zero-order valence-electron chi connectivity index (χ0n) is 69.7. The Morgan fingerprint density at radius 2 is 1.13 bits per heavy atom. The van der Waals surface area contributed by atoms with Gasteiger partial charge < -0.3 is 13.9 Å². The van der Waals surface area contributed by atoms with Crippen LogP contribution in [0, 0.1) is 23.9 Å². The topological polar surface area (TPSA) is 35.9 Å². The van der Waals surface area contributed by atoms with Crippen molar-refractivity contribution in [1.29, 1.82) is 0 Å². The summed E-state index contributed by atoms with van der Waals surface area (Å²) < 4.78 is 212. The fourth-order valence-corrected chi connectivity index (χ4v) is 14.5. The van der Waals surface area contributed by atoms with Crippen LogP contribution in [0.1, 0.15) is 108 Å². The van der Waals surface area contributed by atoms with Crippen molar-refractivity contribution in [3.63, 3.8) is 0 Å². The standard InChI is InChI=1S/C79H70N4OSi.Pt/c1-77(2,3)53-55-44-45-80-75(46-55)83-71-39-20-19-36-69(71)70-43-42-62(52-74(70)83)84-61-28-24-27-60(51-61)81-54-82(73-41-22-21-40-72(73)81)76-67(37-25-38-68(76)57-47-58(78(4,5)6)50-59(48-57)79(7,8)9)56-26-23-35-66(49-56)85(63-29-13-10-14-30-63,64-31-15-11-16-32-64)65-33-17-12-18-34-65;/h10-50H,53H2,1-9H3;/q-2;/i10D,11D,12D,13D,14D,15D,16D,17D,18D,23D,26D,29D,30D,31D,32D,33D,34D,35D,49D,53D2;. The van der Waals surface area contributed by atoms with E-state index in [-0.39, 0.29) is 38.1 Å². The molecule has 0 radical (unpaired) electrons. The molecule has 0 bridgehead atoms. The quantitative estimate of drug-likeness (QED) is 0.0529. The van der Waals surface area contributed by atoms with E-state index >= 15 is 0 Å². The maximum atomic E-state index is 11.0. The minimum atomic E-state index is -6.26. The first-order valence-electron chi connectivity index (χ1n) is 38.4. The molecule has 86 heavy (non-hydrogen) atoms. The number of para-hydroxylation sites is 4. The van der Waals surface area contributed by atoms with Crippen molar-refractivity contribution in [2.24, 2.45) is 5.41 Å². The molecule has 0 saturated carbocycles. The van der Waals surface area contributed by atoms with Crippen LogP contribution < -0.4 is 30.1 Å². The van der Waals surface area contributed by atoms with Gasteiger partial charge in [0.2, 0.25) is 0 Å². The maximum Gasteiger partial charge on any atom is 0.268 e. The number of benzene rings is 10. The molecule has 0 saturated heterocycles. The molecule has 0 N–H and O–H groups in total. The number of hydrogen-bond acceptors (Lipinski definition) is 2.